The van der Waals surface area contributed by atoms with Crippen molar-refractivity contribution in [2.75, 3.05) is 34.9 Å². The Morgan fingerprint density at radius 1 is 0.977 bits per heavy atom. The zero-order valence-electron chi connectivity index (χ0n) is 25.3. The molecule has 2 aromatic carbocycles. The van der Waals surface area contributed by atoms with Crippen molar-refractivity contribution in [1.29, 1.82) is 5.26 Å². The van der Waals surface area contributed by atoms with Crippen LogP contribution in [0.5, 0.6) is 17.6 Å². The molecule has 5 rings (SSSR count). The molecule has 9 nitrogen and oxygen atoms in total. The molecule has 3 heterocycles. The first-order chi connectivity index (χ1) is 20.7. The normalized spacial score (nSPS) is 13.7. The van der Waals surface area contributed by atoms with Gasteiger partial charge in [0.1, 0.15) is 11.2 Å². The van der Waals surface area contributed by atoms with Crippen LogP contribution in [0.1, 0.15) is 48.4 Å². The summed E-state index contributed by atoms with van der Waals surface area (Å²) in [5, 5.41) is 24.4. The number of methoxy groups -OCH3 is 2. The van der Waals surface area contributed by atoms with E-state index in [0.717, 1.165) is 10.8 Å². The fourth-order valence-electron chi connectivity index (χ4n) is 5.56. The summed E-state index contributed by atoms with van der Waals surface area (Å²) in [6.07, 6.45) is 1.81. The Bertz CT molecular complexity index is 1790. The van der Waals surface area contributed by atoms with Crippen LogP contribution < -0.4 is 14.2 Å². The highest BCUT2D eigenvalue weighted by Gasteiger charge is 2.44. The average molecular weight is 581 g/mol. The number of ether oxygens (including phenoxy) is 3. The second kappa shape index (κ2) is 12.3. The van der Waals surface area contributed by atoms with Crippen molar-refractivity contribution in [2.24, 2.45) is 0 Å². The van der Waals surface area contributed by atoms with Crippen LogP contribution in [0.3, 0.4) is 0 Å². The largest absolute Gasteiger partial charge is 0.481 e. The van der Waals surface area contributed by atoms with E-state index in [4.69, 9.17) is 23.6 Å². The molecule has 3 aromatic heterocycles. The van der Waals surface area contributed by atoms with Gasteiger partial charge < -0.3 is 28.6 Å². The third-order valence-corrected chi connectivity index (χ3v) is 7.50. The molecule has 0 aliphatic rings. The molecule has 2 unspecified atom stereocenters. The first-order valence-electron chi connectivity index (χ1n) is 14.1. The van der Waals surface area contributed by atoms with E-state index < -0.39 is 11.5 Å². The molecule has 2 atom stereocenters. The minimum absolute atomic E-state index is 0.142. The van der Waals surface area contributed by atoms with Gasteiger partial charge in [-0.2, -0.15) is 10.2 Å². The lowest BCUT2D eigenvalue weighted by Gasteiger charge is -2.39. The highest BCUT2D eigenvalue weighted by molar-refractivity contribution is 5.83. The molecule has 0 saturated heterocycles. The number of aromatic nitrogens is 2. The van der Waals surface area contributed by atoms with Gasteiger partial charge in [0.2, 0.25) is 17.6 Å². The van der Waals surface area contributed by atoms with Gasteiger partial charge in [-0.3, -0.25) is 0 Å². The molecule has 5 aromatic rings. The number of aliphatic hydroxyl groups is 1. The second-order valence-electron chi connectivity index (χ2n) is 11.1. The lowest BCUT2D eigenvalue weighted by molar-refractivity contribution is 0.00427. The fourth-order valence-corrected chi connectivity index (χ4v) is 5.56. The summed E-state index contributed by atoms with van der Waals surface area (Å²) in [5.74, 6) is 0.287. The average Bonchev–Trinajstić information content (AvgIpc) is 3.48. The predicted molar refractivity (Wildman–Crippen MR) is 165 cm³/mol. The van der Waals surface area contributed by atoms with E-state index in [1.807, 2.05) is 69.2 Å². The second-order valence-corrected chi connectivity index (χ2v) is 11.1. The first-order valence-corrected chi connectivity index (χ1v) is 14.1. The van der Waals surface area contributed by atoms with Crippen LogP contribution in [-0.2, 0) is 5.60 Å². The molecule has 0 saturated carbocycles. The van der Waals surface area contributed by atoms with Crippen LogP contribution in [0.2, 0.25) is 0 Å². The summed E-state index contributed by atoms with van der Waals surface area (Å²) in [6, 6.07) is 20.7. The quantitative estimate of drug-likeness (QED) is 0.200. The molecule has 1 N–H and O–H groups in total. The standard InChI is InChI=1S/C34H36N4O5/c1-21(2)43-30-19-25(18-29(37-30)40-5)31(26-17-24-16-22(20-35)10-11-28(24)36-33(26)41-6)34(39,13-14-38(3)4)27-9-7-8-23-12-15-42-32(23)27/h7-12,15-19,21,31,39H,13-14H2,1-6H3. The number of fused-ring (bicyclic) bond motifs is 2. The molecule has 0 amide bonds. The lowest BCUT2D eigenvalue weighted by atomic mass is 9.71. The van der Waals surface area contributed by atoms with Crippen molar-refractivity contribution in [2.45, 2.75) is 37.9 Å². The van der Waals surface area contributed by atoms with Crippen molar-refractivity contribution in [3.05, 3.63) is 89.2 Å². The van der Waals surface area contributed by atoms with Gasteiger partial charge >= 0.3 is 0 Å². The number of hydrogen-bond acceptors (Lipinski definition) is 9. The molecule has 9 heteroatoms. The Hall–Kier alpha value is -4.65. The maximum atomic E-state index is 13.2. The summed E-state index contributed by atoms with van der Waals surface area (Å²) < 4.78 is 23.5. The zero-order chi connectivity index (χ0) is 30.7. The SMILES string of the molecule is COc1cc(C(c2cc3cc(C#N)ccc3nc2OC)C(O)(CCN(C)C)c2cccc3ccoc23)cc(OC(C)C)n1. The summed E-state index contributed by atoms with van der Waals surface area (Å²) in [4.78, 5) is 11.4. The topological polar surface area (TPSA) is 114 Å². The number of rotatable bonds is 11. The Kier molecular flexibility index (Phi) is 8.53. The Morgan fingerprint density at radius 3 is 2.47 bits per heavy atom. The number of hydrogen-bond donors (Lipinski definition) is 1. The van der Waals surface area contributed by atoms with E-state index >= 15 is 0 Å². The maximum absolute atomic E-state index is 13.2. The minimum atomic E-state index is -1.54. The maximum Gasteiger partial charge on any atom is 0.217 e. The van der Waals surface area contributed by atoms with Gasteiger partial charge in [-0.05, 0) is 70.3 Å². The fraction of sp³-hybridized carbons (Fsp3) is 0.324. The third-order valence-electron chi connectivity index (χ3n) is 7.50. The summed E-state index contributed by atoms with van der Waals surface area (Å²) >= 11 is 0. The van der Waals surface area contributed by atoms with Gasteiger partial charge in [-0.15, -0.1) is 0 Å². The Balaban J connectivity index is 1.88. The van der Waals surface area contributed by atoms with Gasteiger partial charge in [0, 0.05) is 46.5 Å². The van der Waals surface area contributed by atoms with Crippen LogP contribution in [-0.4, -0.2) is 60.9 Å². The van der Waals surface area contributed by atoms with Crippen LogP contribution in [0, 0.1) is 11.3 Å². The zero-order valence-corrected chi connectivity index (χ0v) is 25.3. The van der Waals surface area contributed by atoms with E-state index in [9.17, 15) is 10.4 Å². The lowest BCUT2D eigenvalue weighted by Crippen LogP contribution is -2.38. The smallest absolute Gasteiger partial charge is 0.217 e. The van der Waals surface area contributed by atoms with Crippen LogP contribution in [0.25, 0.3) is 21.9 Å². The van der Waals surface area contributed by atoms with Gasteiger partial charge in [0.15, 0.2) is 0 Å². The molecular weight excluding hydrogens is 544 g/mol. The van der Waals surface area contributed by atoms with Gasteiger partial charge in [0.25, 0.3) is 0 Å². The molecule has 0 bridgehead atoms. The molecule has 0 aliphatic carbocycles. The number of furan rings is 1. The van der Waals surface area contributed by atoms with E-state index in [1.54, 1.807) is 44.7 Å². The number of nitrogens with zero attached hydrogens (tertiary/aromatic N) is 4. The van der Waals surface area contributed by atoms with Crippen molar-refractivity contribution in [1.82, 2.24) is 14.9 Å². The number of benzene rings is 2. The van der Waals surface area contributed by atoms with Crippen LogP contribution in [0.15, 0.2) is 71.3 Å². The summed E-state index contributed by atoms with van der Waals surface area (Å²) in [6.45, 7) is 4.41. The molecule has 43 heavy (non-hydrogen) atoms. The summed E-state index contributed by atoms with van der Waals surface area (Å²) in [7, 11) is 7.04. The van der Waals surface area contributed by atoms with Crippen molar-refractivity contribution >= 4 is 21.9 Å². The van der Waals surface area contributed by atoms with Crippen molar-refractivity contribution in [3.8, 4) is 23.7 Å². The molecule has 0 fully saturated rings. The number of para-hydroxylation sites is 1. The molecular formula is C34H36N4O5. The van der Waals surface area contributed by atoms with Crippen molar-refractivity contribution in [3.63, 3.8) is 0 Å². The van der Waals surface area contributed by atoms with Gasteiger partial charge in [-0.1, -0.05) is 18.2 Å². The van der Waals surface area contributed by atoms with E-state index in [-0.39, 0.29) is 6.10 Å². The monoisotopic (exact) mass is 580 g/mol. The van der Waals surface area contributed by atoms with Crippen molar-refractivity contribution < 1.29 is 23.7 Å². The predicted octanol–water partition coefficient (Wildman–Crippen LogP) is 6.02. The highest BCUT2D eigenvalue weighted by atomic mass is 16.5. The molecule has 0 radical (unpaired) electrons. The van der Waals surface area contributed by atoms with E-state index in [0.29, 0.717) is 64.0 Å². The third kappa shape index (κ3) is 5.98. The summed E-state index contributed by atoms with van der Waals surface area (Å²) in [5.41, 5.74) is 2.15. The van der Waals surface area contributed by atoms with E-state index in [2.05, 4.69) is 11.1 Å². The minimum Gasteiger partial charge on any atom is -0.481 e. The molecule has 0 aliphatic heterocycles. The van der Waals surface area contributed by atoms with Gasteiger partial charge in [-0.25, -0.2) is 4.98 Å². The van der Waals surface area contributed by atoms with Crippen LogP contribution in [0.4, 0.5) is 0 Å². The number of pyridine rings is 2. The van der Waals surface area contributed by atoms with Gasteiger partial charge in [0.05, 0.1) is 43.7 Å². The van der Waals surface area contributed by atoms with E-state index in [1.165, 1.54) is 0 Å². The number of nitriles is 1. The Labute approximate surface area is 251 Å². The van der Waals surface area contributed by atoms with Crippen LogP contribution >= 0.6 is 0 Å². The highest BCUT2D eigenvalue weighted by Crippen LogP contribution is 2.50. The first kappa shape index (κ1) is 29.8. The Morgan fingerprint density at radius 2 is 1.77 bits per heavy atom. The molecule has 222 valence electrons. The molecule has 0 spiro atoms.